The summed E-state index contributed by atoms with van der Waals surface area (Å²) in [6, 6.07) is 4.74. The Hall–Kier alpha value is -0.800. The molecule has 110 valence electrons. The number of fused-ring (bicyclic) bond motifs is 1. The number of nitrogens with zero attached hydrogens (tertiary/aromatic N) is 2. The maximum Gasteiger partial charge on any atom is 0.281 e. The Bertz CT molecular complexity index is 936. The zero-order valence-electron chi connectivity index (χ0n) is 10.0. The number of imidazole rings is 1. The van der Waals surface area contributed by atoms with Crippen LogP contribution in [0.4, 0.5) is 5.69 Å². The van der Waals surface area contributed by atoms with E-state index < -0.39 is 10.0 Å². The van der Waals surface area contributed by atoms with E-state index in [1.807, 2.05) is 0 Å². The Kier molecular flexibility index (Phi) is 3.91. The lowest BCUT2D eigenvalue weighted by Crippen LogP contribution is -2.15. The van der Waals surface area contributed by atoms with Gasteiger partial charge in [-0.3, -0.25) is 9.12 Å². The van der Waals surface area contributed by atoms with Gasteiger partial charge < -0.3 is 0 Å². The SMILES string of the molecule is O=S(=O)(Nc1ccc(Br)c(Cl)c1)c1c(Cl)nc2sccn12. The second-order valence-corrected chi connectivity index (χ2v) is 8.09. The largest absolute Gasteiger partial charge is 0.281 e. The highest BCUT2D eigenvalue weighted by molar-refractivity contribution is 9.10. The van der Waals surface area contributed by atoms with Crippen molar-refractivity contribution in [3.05, 3.63) is 44.4 Å². The van der Waals surface area contributed by atoms with Gasteiger partial charge in [0.2, 0.25) is 0 Å². The van der Waals surface area contributed by atoms with Crippen molar-refractivity contribution in [3.63, 3.8) is 0 Å². The average molecular weight is 427 g/mol. The minimum atomic E-state index is -3.88. The van der Waals surface area contributed by atoms with Crippen molar-refractivity contribution in [2.75, 3.05) is 4.72 Å². The number of hydrogen-bond acceptors (Lipinski definition) is 4. The van der Waals surface area contributed by atoms with Crippen LogP contribution in [0.3, 0.4) is 0 Å². The highest BCUT2D eigenvalue weighted by Gasteiger charge is 2.25. The van der Waals surface area contributed by atoms with Gasteiger partial charge in [-0.1, -0.05) is 23.2 Å². The summed E-state index contributed by atoms with van der Waals surface area (Å²) < 4.78 is 29.5. The van der Waals surface area contributed by atoms with Gasteiger partial charge in [-0.05, 0) is 34.1 Å². The first-order valence-electron chi connectivity index (χ1n) is 5.47. The van der Waals surface area contributed by atoms with E-state index in [4.69, 9.17) is 23.2 Å². The molecule has 0 aliphatic carbocycles. The van der Waals surface area contributed by atoms with Crippen molar-refractivity contribution < 1.29 is 8.42 Å². The molecule has 0 amide bonds. The van der Waals surface area contributed by atoms with E-state index in [0.717, 1.165) is 0 Å². The van der Waals surface area contributed by atoms with Gasteiger partial charge in [-0.2, -0.15) is 8.42 Å². The Morgan fingerprint density at radius 1 is 1.33 bits per heavy atom. The van der Waals surface area contributed by atoms with Crippen molar-refractivity contribution in [2.45, 2.75) is 5.03 Å². The maximum absolute atomic E-state index is 12.5. The zero-order chi connectivity index (χ0) is 15.2. The van der Waals surface area contributed by atoms with Crippen molar-refractivity contribution in [1.82, 2.24) is 9.38 Å². The van der Waals surface area contributed by atoms with Crippen LogP contribution in [0.25, 0.3) is 4.96 Å². The molecule has 1 aromatic carbocycles. The summed E-state index contributed by atoms with van der Waals surface area (Å²) in [7, 11) is -3.88. The van der Waals surface area contributed by atoms with E-state index in [-0.39, 0.29) is 10.2 Å². The summed E-state index contributed by atoms with van der Waals surface area (Å²) in [6.45, 7) is 0. The van der Waals surface area contributed by atoms with Crippen LogP contribution in [0.15, 0.2) is 39.3 Å². The highest BCUT2D eigenvalue weighted by Crippen LogP contribution is 2.29. The van der Waals surface area contributed by atoms with Crippen LogP contribution in [-0.2, 0) is 10.0 Å². The molecule has 0 saturated carbocycles. The first-order chi connectivity index (χ1) is 9.88. The molecule has 3 rings (SSSR count). The number of benzene rings is 1. The van der Waals surface area contributed by atoms with Gasteiger partial charge in [0.05, 0.1) is 10.7 Å². The zero-order valence-corrected chi connectivity index (χ0v) is 14.8. The third kappa shape index (κ3) is 2.78. The van der Waals surface area contributed by atoms with E-state index in [1.165, 1.54) is 21.8 Å². The topological polar surface area (TPSA) is 63.5 Å². The molecule has 0 atom stereocenters. The average Bonchev–Trinajstić information content (AvgIpc) is 2.92. The van der Waals surface area contributed by atoms with Crippen LogP contribution < -0.4 is 4.72 Å². The van der Waals surface area contributed by atoms with E-state index in [2.05, 4.69) is 25.6 Å². The van der Waals surface area contributed by atoms with Crippen LogP contribution in [-0.4, -0.2) is 17.8 Å². The molecule has 0 fully saturated rings. The fourth-order valence-electron chi connectivity index (χ4n) is 1.74. The molecule has 0 unspecified atom stereocenters. The number of sulfonamides is 1. The van der Waals surface area contributed by atoms with Gasteiger partial charge in [0.25, 0.3) is 10.0 Å². The maximum atomic E-state index is 12.5. The molecular weight excluding hydrogens is 421 g/mol. The third-order valence-electron chi connectivity index (χ3n) is 2.60. The third-order valence-corrected chi connectivity index (χ3v) is 6.37. The van der Waals surface area contributed by atoms with Crippen LogP contribution in [0.2, 0.25) is 10.2 Å². The van der Waals surface area contributed by atoms with E-state index in [9.17, 15) is 8.42 Å². The lowest BCUT2D eigenvalue weighted by Gasteiger charge is -2.08. The van der Waals surface area contributed by atoms with Crippen LogP contribution in [0.1, 0.15) is 0 Å². The van der Waals surface area contributed by atoms with Gasteiger partial charge >= 0.3 is 0 Å². The molecule has 5 nitrogen and oxygen atoms in total. The number of rotatable bonds is 3. The minimum Gasteiger partial charge on any atom is -0.278 e. The highest BCUT2D eigenvalue weighted by atomic mass is 79.9. The number of halogens is 3. The fourth-order valence-corrected chi connectivity index (χ4v) is 4.67. The smallest absolute Gasteiger partial charge is 0.278 e. The van der Waals surface area contributed by atoms with Gasteiger partial charge in [0, 0.05) is 16.0 Å². The van der Waals surface area contributed by atoms with E-state index >= 15 is 0 Å². The van der Waals surface area contributed by atoms with Gasteiger partial charge in [-0.15, -0.1) is 11.3 Å². The van der Waals surface area contributed by atoms with E-state index in [0.29, 0.717) is 20.1 Å². The summed E-state index contributed by atoms with van der Waals surface area (Å²) in [5.41, 5.74) is 0.337. The molecule has 0 saturated heterocycles. The van der Waals surface area contributed by atoms with Crippen molar-refractivity contribution in [2.24, 2.45) is 0 Å². The lowest BCUT2D eigenvalue weighted by atomic mass is 10.3. The monoisotopic (exact) mass is 425 g/mol. The Balaban J connectivity index is 2.06. The number of hydrogen-bond donors (Lipinski definition) is 1. The second kappa shape index (κ2) is 5.44. The fraction of sp³-hybridized carbons (Fsp3) is 0. The normalized spacial score (nSPS) is 12.0. The van der Waals surface area contributed by atoms with Gasteiger partial charge in [0.15, 0.2) is 15.1 Å². The molecule has 21 heavy (non-hydrogen) atoms. The van der Waals surface area contributed by atoms with Crippen LogP contribution in [0.5, 0.6) is 0 Å². The van der Waals surface area contributed by atoms with Crippen molar-refractivity contribution >= 4 is 71.1 Å². The molecule has 0 aliphatic heterocycles. The summed E-state index contributed by atoms with van der Waals surface area (Å²) >= 11 is 16.4. The number of nitrogens with one attached hydrogen (secondary N) is 1. The number of anilines is 1. The van der Waals surface area contributed by atoms with Crippen LogP contribution in [0, 0.1) is 0 Å². The molecule has 0 aliphatic rings. The molecule has 0 bridgehead atoms. The summed E-state index contributed by atoms with van der Waals surface area (Å²) in [6.07, 6.45) is 1.60. The predicted molar refractivity (Wildman–Crippen MR) is 88.0 cm³/mol. The quantitative estimate of drug-likeness (QED) is 0.680. The molecule has 3 aromatic rings. The molecule has 10 heteroatoms. The molecule has 0 radical (unpaired) electrons. The Morgan fingerprint density at radius 3 is 2.81 bits per heavy atom. The predicted octanol–water partition coefficient (Wildman–Crippen LogP) is 4.27. The Morgan fingerprint density at radius 2 is 2.10 bits per heavy atom. The Labute approximate surface area is 142 Å². The summed E-state index contributed by atoms with van der Waals surface area (Å²) in [5.74, 6) is 0. The first kappa shape index (κ1) is 15.1. The molecule has 0 spiro atoms. The van der Waals surface area contributed by atoms with Crippen molar-refractivity contribution in [1.29, 1.82) is 0 Å². The van der Waals surface area contributed by atoms with Gasteiger partial charge in [-0.25, -0.2) is 4.98 Å². The lowest BCUT2D eigenvalue weighted by molar-refractivity contribution is 0.597. The molecule has 2 aromatic heterocycles. The summed E-state index contributed by atoms with van der Waals surface area (Å²) in [4.78, 5) is 4.52. The van der Waals surface area contributed by atoms with Crippen molar-refractivity contribution in [3.8, 4) is 0 Å². The van der Waals surface area contributed by atoms with Crippen LogP contribution >= 0.6 is 50.5 Å². The van der Waals surface area contributed by atoms with E-state index in [1.54, 1.807) is 23.7 Å². The summed E-state index contributed by atoms with van der Waals surface area (Å²) in [5, 5.41) is 1.96. The standard InChI is InChI=1S/C11H6BrCl2N3O2S2/c12-7-2-1-6(5-8(7)13)16-21(18,19)10-9(14)15-11-17(10)3-4-20-11/h1-5,16H. The molecule has 1 N–H and O–H groups in total. The molecular formula is C11H6BrCl2N3O2S2. The number of aromatic nitrogens is 2. The molecule has 2 heterocycles. The van der Waals surface area contributed by atoms with Gasteiger partial charge in [0.1, 0.15) is 0 Å². The first-order valence-corrected chi connectivity index (χ1v) is 9.38. The minimum absolute atomic E-state index is 0.0717. The number of thiazole rings is 1. The second-order valence-electron chi connectivity index (χ2n) is 4.00.